The third kappa shape index (κ3) is 3.71. The molecule has 106 valence electrons. The summed E-state index contributed by atoms with van der Waals surface area (Å²) in [7, 11) is 2.28. The van der Waals surface area contributed by atoms with E-state index in [1.807, 2.05) is 0 Å². The number of rotatable bonds is 4. The molecule has 0 spiro atoms. The predicted octanol–water partition coefficient (Wildman–Crippen LogP) is 3.44. The second-order valence-corrected chi connectivity index (χ2v) is 6.65. The van der Waals surface area contributed by atoms with Crippen molar-refractivity contribution in [1.82, 2.24) is 4.90 Å². The minimum absolute atomic E-state index is 0.0427. The number of hydrogen-bond donors (Lipinski definition) is 1. The molecule has 2 nitrogen and oxygen atoms in total. The van der Waals surface area contributed by atoms with Crippen LogP contribution in [0, 0.1) is 11.8 Å². The second kappa shape index (κ2) is 6.91. The highest BCUT2D eigenvalue weighted by Crippen LogP contribution is 2.32. The van der Waals surface area contributed by atoms with Gasteiger partial charge >= 0.3 is 0 Å². The van der Waals surface area contributed by atoms with Crippen molar-refractivity contribution < 1.29 is 5.11 Å². The van der Waals surface area contributed by atoms with E-state index in [9.17, 15) is 5.11 Å². The molecule has 0 amide bonds. The summed E-state index contributed by atoms with van der Waals surface area (Å²) < 4.78 is 0. The summed E-state index contributed by atoms with van der Waals surface area (Å²) in [5, 5.41) is 10.2. The van der Waals surface area contributed by atoms with Crippen LogP contribution in [0.5, 0.6) is 0 Å². The maximum absolute atomic E-state index is 10.2. The van der Waals surface area contributed by atoms with Crippen LogP contribution in [-0.4, -0.2) is 35.7 Å². The van der Waals surface area contributed by atoms with Gasteiger partial charge in [0.25, 0.3) is 0 Å². The van der Waals surface area contributed by atoms with Crippen molar-refractivity contribution in [1.29, 1.82) is 0 Å². The summed E-state index contributed by atoms with van der Waals surface area (Å²) in [6.45, 7) is 3.41. The molecular formula is C16H31NO. The maximum Gasteiger partial charge on any atom is 0.0580 e. The quantitative estimate of drug-likeness (QED) is 0.829. The summed E-state index contributed by atoms with van der Waals surface area (Å²) >= 11 is 0. The molecule has 0 aliphatic heterocycles. The van der Waals surface area contributed by atoms with E-state index in [1.165, 1.54) is 51.4 Å². The Morgan fingerprint density at radius 2 is 1.78 bits per heavy atom. The van der Waals surface area contributed by atoms with Gasteiger partial charge in [-0.3, -0.25) is 0 Å². The van der Waals surface area contributed by atoms with Gasteiger partial charge in [-0.15, -0.1) is 0 Å². The highest BCUT2D eigenvalue weighted by molar-refractivity contribution is 4.83. The molecule has 3 unspecified atom stereocenters. The highest BCUT2D eigenvalue weighted by atomic mass is 16.3. The minimum Gasteiger partial charge on any atom is -0.393 e. The number of nitrogens with zero attached hydrogens (tertiary/aromatic N) is 1. The number of aliphatic hydroxyl groups excluding tert-OH is 1. The van der Waals surface area contributed by atoms with Gasteiger partial charge in [0.2, 0.25) is 0 Å². The molecule has 0 aromatic carbocycles. The Bertz CT molecular complexity index is 237. The molecule has 0 radical (unpaired) electrons. The summed E-state index contributed by atoms with van der Waals surface area (Å²) in [6.07, 6.45) is 11.7. The van der Waals surface area contributed by atoms with Crippen LogP contribution < -0.4 is 0 Å². The van der Waals surface area contributed by atoms with Crippen molar-refractivity contribution in [2.45, 2.75) is 76.9 Å². The lowest BCUT2D eigenvalue weighted by molar-refractivity contribution is 0.0208. The fraction of sp³-hybridized carbons (Fsp3) is 1.00. The summed E-state index contributed by atoms with van der Waals surface area (Å²) in [6, 6.07) is 0.785. The Morgan fingerprint density at radius 1 is 1.06 bits per heavy atom. The van der Waals surface area contributed by atoms with Gasteiger partial charge in [0, 0.05) is 12.6 Å². The second-order valence-electron chi connectivity index (χ2n) is 6.65. The Balaban J connectivity index is 1.82. The first-order valence-electron chi connectivity index (χ1n) is 8.09. The fourth-order valence-corrected chi connectivity index (χ4v) is 3.95. The molecule has 18 heavy (non-hydrogen) atoms. The summed E-state index contributed by atoms with van der Waals surface area (Å²) in [4.78, 5) is 2.55. The molecule has 2 fully saturated rings. The van der Waals surface area contributed by atoms with Crippen LogP contribution in [0.25, 0.3) is 0 Å². The molecule has 0 bridgehead atoms. The van der Waals surface area contributed by atoms with Gasteiger partial charge < -0.3 is 10.0 Å². The molecule has 2 saturated carbocycles. The van der Waals surface area contributed by atoms with Crippen molar-refractivity contribution in [3.8, 4) is 0 Å². The van der Waals surface area contributed by atoms with Crippen LogP contribution >= 0.6 is 0 Å². The van der Waals surface area contributed by atoms with E-state index in [2.05, 4.69) is 18.9 Å². The van der Waals surface area contributed by atoms with Crippen molar-refractivity contribution >= 4 is 0 Å². The highest BCUT2D eigenvalue weighted by Gasteiger charge is 2.30. The average molecular weight is 253 g/mol. The zero-order chi connectivity index (χ0) is 13.0. The van der Waals surface area contributed by atoms with Gasteiger partial charge in [0.05, 0.1) is 6.10 Å². The van der Waals surface area contributed by atoms with Crippen molar-refractivity contribution in [2.24, 2.45) is 11.8 Å². The Hall–Kier alpha value is -0.0800. The van der Waals surface area contributed by atoms with Crippen LogP contribution in [0.15, 0.2) is 0 Å². The molecule has 0 heterocycles. The van der Waals surface area contributed by atoms with Crippen molar-refractivity contribution in [3.63, 3.8) is 0 Å². The standard InChI is InChI=1S/C16H31NO/c1-3-13-9-10-16(18)14(11-13)12-17(2)15-7-5-4-6-8-15/h13-16,18H,3-12H2,1-2H3. The van der Waals surface area contributed by atoms with Crippen LogP contribution in [0.4, 0.5) is 0 Å². The van der Waals surface area contributed by atoms with Crippen LogP contribution in [0.3, 0.4) is 0 Å². The lowest BCUT2D eigenvalue weighted by atomic mass is 9.78. The summed E-state index contributed by atoms with van der Waals surface area (Å²) in [5.74, 6) is 1.38. The minimum atomic E-state index is -0.0427. The Kier molecular flexibility index (Phi) is 5.50. The molecular weight excluding hydrogens is 222 g/mol. The van der Waals surface area contributed by atoms with Gasteiger partial charge in [0.15, 0.2) is 0 Å². The van der Waals surface area contributed by atoms with E-state index in [4.69, 9.17) is 0 Å². The van der Waals surface area contributed by atoms with Crippen LogP contribution in [0.2, 0.25) is 0 Å². The van der Waals surface area contributed by atoms with Gasteiger partial charge in [0.1, 0.15) is 0 Å². The van der Waals surface area contributed by atoms with E-state index in [1.54, 1.807) is 0 Å². The predicted molar refractivity (Wildman–Crippen MR) is 76.6 cm³/mol. The Labute approximate surface area is 113 Å². The third-order valence-electron chi connectivity index (χ3n) is 5.35. The molecule has 0 aromatic rings. The molecule has 3 atom stereocenters. The number of hydrogen-bond acceptors (Lipinski definition) is 2. The molecule has 2 heteroatoms. The van der Waals surface area contributed by atoms with Gasteiger partial charge in [-0.25, -0.2) is 0 Å². The van der Waals surface area contributed by atoms with Gasteiger partial charge in [-0.05, 0) is 51.0 Å². The SMILES string of the molecule is CCC1CCC(O)C(CN(C)C2CCCCC2)C1. The smallest absolute Gasteiger partial charge is 0.0580 e. The van der Waals surface area contributed by atoms with Gasteiger partial charge in [-0.1, -0.05) is 32.6 Å². The molecule has 2 aliphatic carbocycles. The summed E-state index contributed by atoms with van der Waals surface area (Å²) in [5.41, 5.74) is 0. The van der Waals surface area contributed by atoms with Gasteiger partial charge in [-0.2, -0.15) is 0 Å². The van der Waals surface area contributed by atoms with Crippen molar-refractivity contribution in [2.75, 3.05) is 13.6 Å². The van der Waals surface area contributed by atoms with E-state index in [0.717, 1.165) is 24.9 Å². The number of aliphatic hydroxyl groups is 1. The first-order chi connectivity index (χ1) is 8.70. The van der Waals surface area contributed by atoms with Crippen LogP contribution in [-0.2, 0) is 0 Å². The van der Waals surface area contributed by atoms with E-state index in [-0.39, 0.29) is 6.10 Å². The zero-order valence-corrected chi connectivity index (χ0v) is 12.3. The topological polar surface area (TPSA) is 23.5 Å². The van der Waals surface area contributed by atoms with E-state index >= 15 is 0 Å². The largest absolute Gasteiger partial charge is 0.393 e. The Morgan fingerprint density at radius 3 is 2.44 bits per heavy atom. The lowest BCUT2D eigenvalue weighted by Gasteiger charge is -2.38. The van der Waals surface area contributed by atoms with E-state index < -0.39 is 0 Å². The first-order valence-corrected chi connectivity index (χ1v) is 8.09. The van der Waals surface area contributed by atoms with E-state index in [0.29, 0.717) is 5.92 Å². The molecule has 2 aliphatic rings. The first kappa shape index (κ1) is 14.3. The van der Waals surface area contributed by atoms with Crippen molar-refractivity contribution in [3.05, 3.63) is 0 Å². The lowest BCUT2D eigenvalue weighted by Crippen LogP contribution is -2.42. The molecule has 2 rings (SSSR count). The fourth-order valence-electron chi connectivity index (χ4n) is 3.95. The molecule has 0 saturated heterocycles. The average Bonchev–Trinajstić information content (AvgIpc) is 2.42. The third-order valence-corrected chi connectivity index (χ3v) is 5.35. The van der Waals surface area contributed by atoms with Crippen LogP contribution in [0.1, 0.15) is 64.7 Å². The normalized spacial score (nSPS) is 35.0. The monoisotopic (exact) mass is 253 g/mol. The molecule has 1 N–H and O–H groups in total. The maximum atomic E-state index is 10.2. The zero-order valence-electron chi connectivity index (χ0n) is 12.3. The molecule has 0 aromatic heterocycles.